The molecule has 0 aromatic carbocycles. The van der Waals surface area contributed by atoms with Crippen LogP contribution in [0.1, 0.15) is 96.3 Å². The van der Waals surface area contributed by atoms with E-state index in [-0.39, 0.29) is 0 Å². The number of hydrogen-bond acceptors (Lipinski definition) is 1. The Kier molecular flexibility index (Phi) is 16.7. The van der Waals surface area contributed by atoms with Gasteiger partial charge in [0.05, 0.1) is 0 Å². The molecule has 0 aliphatic carbocycles. The molecule has 2 N–H and O–H groups in total. The summed E-state index contributed by atoms with van der Waals surface area (Å²) in [6.45, 7) is 4.47. The number of rotatable bonds is 16. The maximum Gasteiger partial charge on any atom is 0.404 e. The van der Waals surface area contributed by atoms with Gasteiger partial charge in [-0.25, -0.2) is 4.79 Å². The highest BCUT2D eigenvalue weighted by molar-refractivity contribution is 5.64. The minimum Gasteiger partial charge on any atom is -0.465 e. The van der Waals surface area contributed by atoms with Gasteiger partial charge in [-0.05, 0) is 6.42 Å². The number of nitrogens with one attached hydrogen (secondary N) is 1. The lowest BCUT2D eigenvalue weighted by Crippen LogP contribution is -2.21. The van der Waals surface area contributed by atoms with E-state index in [0.717, 1.165) is 19.3 Å². The fraction of sp³-hybridized carbons (Fsp3) is 0.889. The fourth-order valence-corrected chi connectivity index (χ4v) is 2.62. The Balaban J connectivity index is 2.95. The molecule has 21 heavy (non-hydrogen) atoms. The third-order valence-electron chi connectivity index (χ3n) is 3.95. The summed E-state index contributed by atoms with van der Waals surface area (Å²) in [4.78, 5) is 10.2. The Bertz CT molecular complexity index is 219. The Morgan fingerprint density at radius 3 is 1.33 bits per heavy atom. The van der Waals surface area contributed by atoms with Crippen LogP contribution in [0.15, 0.2) is 0 Å². The van der Waals surface area contributed by atoms with E-state index in [0.29, 0.717) is 6.54 Å². The van der Waals surface area contributed by atoms with Gasteiger partial charge in [-0.1, -0.05) is 96.8 Å². The van der Waals surface area contributed by atoms with Crippen LogP contribution in [0.3, 0.4) is 0 Å². The van der Waals surface area contributed by atoms with Gasteiger partial charge in [-0.2, -0.15) is 0 Å². The van der Waals surface area contributed by atoms with E-state index < -0.39 is 6.09 Å². The van der Waals surface area contributed by atoms with Gasteiger partial charge < -0.3 is 10.4 Å². The SMILES string of the molecule is [CH2]CCCCCCCCCCCCCCCCNC(=O)O. The number of amides is 1. The van der Waals surface area contributed by atoms with Gasteiger partial charge in [0, 0.05) is 6.54 Å². The molecule has 0 aromatic rings. The molecule has 0 atom stereocenters. The van der Waals surface area contributed by atoms with Crippen molar-refractivity contribution < 1.29 is 9.90 Å². The lowest BCUT2D eigenvalue weighted by Gasteiger charge is -2.03. The second kappa shape index (κ2) is 17.3. The molecule has 0 saturated heterocycles. The summed E-state index contributed by atoms with van der Waals surface area (Å²) < 4.78 is 0. The Morgan fingerprint density at radius 2 is 1.00 bits per heavy atom. The number of hydrogen-bond donors (Lipinski definition) is 2. The van der Waals surface area contributed by atoms with Gasteiger partial charge in [-0.15, -0.1) is 0 Å². The highest BCUT2D eigenvalue weighted by atomic mass is 16.4. The number of unbranched alkanes of at least 4 members (excludes halogenated alkanes) is 14. The second-order valence-electron chi connectivity index (χ2n) is 6.04. The third kappa shape index (κ3) is 19.3. The van der Waals surface area contributed by atoms with Crippen molar-refractivity contribution in [3.05, 3.63) is 6.92 Å². The van der Waals surface area contributed by atoms with Gasteiger partial charge in [0.1, 0.15) is 0 Å². The molecule has 0 fully saturated rings. The molecule has 0 aromatic heterocycles. The van der Waals surface area contributed by atoms with E-state index in [4.69, 9.17) is 5.11 Å². The molecule has 1 amide bonds. The zero-order valence-electron chi connectivity index (χ0n) is 13.9. The summed E-state index contributed by atoms with van der Waals surface area (Å²) in [6, 6.07) is 0. The van der Waals surface area contributed by atoms with Crippen LogP contribution < -0.4 is 5.32 Å². The minimum absolute atomic E-state index is 0.601. The first-order chi connectivity index (χ1) is 10.3. The van der Waals surface area contributed by atoms with Crippen LogP contribution in [-0.2, 0) is 0 Å². The van der Waals surface area contributed by atoms with Crippen LogP contribution in [0, 0.1) is 6.92 Å². The molecule has 0 aliphatic rings. The van der Waals surface area contributed by atoms with E-state index in [1.54, 1.807) is 0 Å². The predicted molar refractivity (Wildman–Crippen MR) is 90.6 cm³/mol. The van der Waals surface area contributed by atoms with Crippen molar-refractivity contribution in [2.24, 2.45) is 0 Å². The van der Waals surface area contributed by atoms with Crippen molar-refractivity contribution in [3.63, 3.8) is 0 Å². The lowest BCUT2D eigenvalue weighted by atomic mass is 10.0. The van der Waals surface area contributed by atoms with Crippen LogP contribution in [0.2, 0.25) is 0 Å². The Morgan fingerprint density at radius 1 is 0.667 bits per heavy atom. The molecular weight excluding hydrogens is 262 g/mol. The largest absolute Gasteiger partial charge is 0.465 e. The summed E-state index contributed by atoms with van der Waals surface area (Å²) in [5.41, 5.74) is 0. The summed E-state index contributed by atoms with van der Waals surface area (Å²) in [5, 5.41) is 10.8. The molecule has 0 rings (SSSR count). The first kappa shape index (κ1) is 20.3. The summed E-state index contributed by atoms with van der Waals surface area (Å²) in [5.74, 6) is 0. The normalized spacial score (nSPS) is 10.7. The van der Waals surface area contributed by atoms with Crippen molar-refractivity contribution in [1.29, 1.82) is 0 Å². The molecule has 3 nitrogen and oxygen atoms in total. The molecule has 0 aliphatic heterocycles. The summed E-state index contributed by atoms with van der Waals surface area (Å²) >= 11 is 0. The zero-order chi connectivity index (χ0) is 15.6. The topological polar surface area (TPSA) is 49.3 Å². The molecule has 3 heteroatoms. The highest BCUT2D eigenvalue weighted by Gasteiger charge is 1.95. The average Bonchev–Trinajstić information content (AvgIpc) is 2.46. The van der Waals surface area contributed by atoms with Crippen molar-refractivity contribution in [1.82, 2.24) is 5.32 Å². The maximum absolute atomic E-state index is 10.2. The van der Waals surface area contributed by atoms with Crippen LogP contribution in [0.4, 0.5) is 4.79 Å². The number of carboxylic acid groups (broad SMARTS) is 1. The van der Waals surface area contributed by atoms with E-state index in [9.17, 15) is 4.79 Å². The fourth-order valence-electron chi connectivity index (χ4n) is 2.62. The van der Waals surface area contributed by atoms with Crippen molar-refractivity contribution in [2.75, 3.05) is 6.54 Å². The van der Waals surface area contributed by atoms with E-state index in [2.05, 4.69) is 12.2 Å². The molecule has 0 spiro atoms. The third-order valence-corrected chi connectivity index (χ3v) is 3.95. The average molecular weight is 298 g/mol. The van der Waals surface area contributed by atoms with E-state index >= 15 is 0 Å². The second-order valence-corrected chi connectivity index (χ2v) is 6.04. The van der Waals surface area contributed by atoms with Crippen molar-refractivity contribution in [3.8, 4) is 0 Å². The Labute approximate surface area is 131 Å². The smallest absolute Gasteiger partial charge is 0.404 e. The van der Waals surface area contributed by atoms with Crippen molar-refractivity contribution in [2.45, 2.75) is 96.3 Å². The van der Waals surface area contributed by atoms with Crippen LogP contribution in [-0.4, -0.2) is 17.7 Å². The molecule has 0 unspecified atom stereocenters. The first-order valence-electron chi connectivity index (χ1n) is 9.03. The van der Waals surface area contributed by atoms with E-state index in [1.807, 2.05) is 0 Å². The van der Waals surface area contributed by atoms with Crippen LogP contribution in [0.25, 0.3) is 0 Å². The summed E-state index contributed by atoms with van der Waals surface area (Å²) in [6.07, 6.45) is 18.6. The maximum atomic E-state index is 10.2. The van der Waals surface area contributed by atoms with Gasteiger partial charge in [-0.3, -0.25) is 0 Å². The van der Waals surface area contributed by atoms with Crippen LogP contribution >= 0.6 is 0 Å². The van der Waals surface area contributed by atoms with E-state index in [1.165, 1.54) is 77.0 Å². The van der Waals surface area contributed by atoms with Gasteiger partial charge in [0.15, 0.2) is 0 Å². The predicted octanol–water partition coefficient (Wildman–Crippen LogP) is 5.94. The van der Waals surface area contributed by atoms with Gasteiger partial charge in [0.2, 0.25) is 0 Å². The van der Waals surface area contributed by atoms with Crippen molar-refractivity contribution >= 4 is 6.09 Å². The monoisotopic (exact) mass is 298 g/mol. The summed E-state index contributed by atoms with van der Waals surface area (Å²) in [7, 11) is 0. The van der Waals surface area contributed by atoms with Crippen LogP contribution in [0.5, 0.6) is 0 Å². The van der Waals surface area contributed by atoms with Gasteiger partial charge in [0.25, 0.3) is 0 Å². The standard InChI is InChI=1S/C18H36NO2/c1-2-3-4-5-6-7-8-9-10-11-12-13-14-15-16-17-19-18(20)21/h19H,1-17H2,(H,20,21). The molecular formula is C18H36NO2. The molecule has 0 bridgehead atoms. The Hall–Kier alpha value is -0.730. The molecule has 1 radical (unpaired) electrons. The minimum atomic E-state index is -0.905. The molecule has 0 saturated carbocycles. The first-order valence-corrected chi connectivity index (χ1v) is 9.03. The zero-order valence-corrected chi connectivity index (χ0v) is 13.9. The molecule has 0 heterocycles. The number of carbonyl (C=O) groups is 1. The lowest BCUT2D eigenvalue weighted by molar-refractivity contribution is 0.194. The molecule has 125 valence electrons. The quantitative estimate of drug-likeness (QED) is 0.346. The van der Waals surface area contributed by atoms with Gasteiger partial charge >= 0.3 is 6.09 Å². The highest BCUT2D eigenvalue weighted by Crippen LogP contribution is 2.13.